The Balaban J connectivity index is 2.08. The summed E-state index contributed by atoms with van der Waals surface area (Å²) in [5.41, 5.74) is 5.16. The molecule has 2 heterocycles. The molecule has 1 aromatic heterocycles. The van der Waals surface area contributed by atoms with Crippen molar-refractivity contribution in [1.82, 2.24) is 0 Å². The fourth-order valence-electron chi connectivity index (χ4n) is 4.34. The molecule has 0 N–H and O–H groups in total. The third kappa shape index (κ3) is 2.94. The third-order valence-electron chi connectivity index (χ3n) is 5.70. The molecule has 3 aromatic rings. The topological polar surface area (TPSA) is 7.12 Å². The summed E-state index contributed by atoms with van der Waals surface area (Å²) in [5, 5.41) is 0.874. The van der Waals surface area contributed by atoms with Crippen molar-refractivity contribution < 1.29 is 11.4 Å². The highest BCUT2D eigenvalue weighted by Crippen LogP contribution is 2.35. The zero-order chi connectivity index (χ0) is 24.3. The van der Waals surface area contributed by atoms with Crippen LogP contribution >= 0.6 is 0 Å². The highest BCUT2D eigenvalue weighted by atomic mass is 15.1. The number of rotatable bonds is 3. The number of aromatic nitrogens is 1. The molecule has 142 valence electrons. The highest BCUT2D eigenvalue weighted by Gasteiger charge is 2.39. The molecule has 0 saturated carbocycles. The number of anilines is 1. The zero-order valence-corrected chi connectivity index (χ0v) is 17.2. The molecule has 0 spiro atoms. The zero-order valence-electron chi connectivity index (χ0n) is 22.2. The quantitative estimate of drug-likeness (QED) is 0.482. The van der Waals surface area contributed by atoms with E-state index in [2.05, 4.69) is 9.38 Å². The van der Waals surface area contributed by atoms with Crippen LogP contribution in [0, 0.1) is 5.92 Å². The highest BCUT2D eigenvalue weighted by molar-refractivity contribution is 6.83. The molecule has 28 heavy (non-hydrogen) atoms. The molecule has 0 atom stereocenters. The van der Waals surface area contributed by atoms with Gasteiger partial charge in [0.2, 0.25) is 5.52 Å². The van der Waals surface area contributed by atoms with Gasteiger partial charge in [-0.1, -0.05) is 49.7 Å². The van der Waals surface area contributed by atoms with Gasteiger partial charge in [-0.05, 0) is 61.9 Å². The maximum Gasteiger partial charge on any atom is 0.399 e. The summed E-state index contributed by atoms with van der Waals surface area (Å²) in [6, 6.07) is 17.4. The van der Waals surface area contributed by atoms with Gasteiger partial charge in [-0.15, -0.1) is 0 Å². The molecule has 0 bridgehead atoms. The number of allylic oxidation sites excluding steroid dienone is 2. The Hall–Kier alpha value is -2.55. The smallest absolute Gasteiger partial charge is 0.399 e. The second kappa shape index (κ2) is 7.12. The van der Waals surface area contributed by atoms with Crippen LogP contribution in [0.2, 0.25) is 0 Å². The average molecular weight is 374 g/mol. The molecule has 1 aliphatic heterocycles. The van der Waals surface area contributed by atoms with Crippen molar-refractivity contribution in [3.63, 3.8) is 0 Å². The van der Waals surface area contributed by atoms with E-state index in [0.29, 0.717) is 11.1 Å². The Labute approximate surface area is 176 Å². The number of nitrogens with zero attached hydrogens (tertiary/aromatic N) is 2. The number of benzene rings is 2. The minimum absolute atomic E-state index is 0.221. The summed E-state index contributed by atoms with van der Waals surface area (Å²) in [6.45, 7) is 3.08. The number of aryl methyl sites for hydroxylation is 1. The Morgan fingerprint density at radius 2 is 1.86 bits per heavy atom. The molecule has 0 saturated heterocycles. The molecule has 2 aromatic carbocycles. The molecule has 4 rings (SSSR count). The minimum Gasteiger partial charge on any atom is -0.404 e. The summed E-state index contributed by atoms with van der Waals surface area (Å²) < 4.78 is 44.7. The van der Waals surface area contributed by atoms with Crippen molar-refractivity contribution in [3.05, 3.63) is 71.2 Å². The number of hydrogen-bond acceptors (Lipinski definition) is 1. The summed E-state index contributed by atoms with van der Waals surface area (Å²) in [4.78, 5) is 2.11. The molecule has 2 nitrogen and oxygen atoms in total. The molecule has 0 radical (unpaired) electrons. The largest absolute Gasteiger partial charge is 0.404 e. The first kappa shape index (κ1) is 13.6. The van der Waals surface area contributed by atoms with Gasteiger partial charge in [0.05, 0.1) is 0 Å². The first-order valence-electron chi connectivity index (χ1n) is 12.3. The van der Waals surface area contributed by atoms with Crippen molar-refractivity contribution in [2.24, 2.45) is 13.0 Å². The van der Waals surface area contributed by atoms with Crippen LogP contribution in [0.25, 0.3) is 16.5 Å². The van der Waals surface area contributed by atoms with Crippen molar-refractivity contribution in [1.29, 1.82) is 0 Å². The first-order valence-corrected chi connectivity index (χ1v) is 9.83. The standard InChI is InChI=1S/C25H30BN2/c1-17(2)15-20-16-25(27(5)23-13-9-8-12-22(20)23)26-19(4)18(3)21-11-7-10-14-24(21)28(26)6/h7-14,16-17H,15H2,1-6H3/q+1/i3D3,15D2. The molecular formula is C25H30BN2+. The molecule has 0 fully saturated rings. The van der Waals surface area contributed by atoms with Crippen molar-refractivity contribution in [3.8, 4) is 0 Å². The second-order valence-electron chi connectivity index (χ2n) is 7.95. The van der Waals surface area contributed by atoms with E-state index in [1.54, 1.807) is 0 Å². The van der Waals surface area contributed by atoms with Gasteiger partial charge in [-0.3, -0.25) is 0 Å². The lowest BCUT2D eigenvalue weighted by Crippen LogP contribution is -2.62. The first-order chi connectivity index (χ1) is 15.4. The molecule has 3 heteroatoms. The number of pyridine rings is 1. The van der Waals surface area contributed by atoms with Crippen LogP contribution in [0.3, 0.4) is 0 Å². The van der Waals surface area contributed by atoms with E-state index in [1.807, 2.05) is 89.5 Å². The Morgan fingerprint density at radius 3 is 2.61 bits per heavy atom. The van der Waals surface area contributed by atoms with Gasteiger partial charge < -0.3 is 4.81 Å². The summed E-state index contributed by atoms with van der Waals surface area (Å²) in [7, 11) is 3.96. The number of hydrogen-bond donors (Lipinski definition) is 0. The van der Waals surface area contributed by atoms with E-state index >= 15 is 0 Å². The second-order valence-corrected chi connectivity index (χ2v) is 7.95. The van der Waals surface area contributed by atoms with Gasteiger partial charge in [0.1, 0.15) is 7.05 Å². The lowest BCUT2D eigenvalue weighted by Gasteiger charge is -2.34. The summed E-state index contributed by atoms with van der Waals surface area (Å²) in [6.07, 6.45) is -1.54. The van der Waals surface area contributed by atoms with Gasteiger partial charge in [0.25, 0.3) is 0 Å². The van der Waals surface area contributed by atoms with Gasteiger partial charge in [-0.2, -0.15) is 0 Å². The van der Waals surface area contributed by atoms with Gasteiger partial charge in [0.15, 0.2) is 5.59 Å². The Morgan fingerprint density at radius 1 is 1.14 bits per heavy atom. The fourth-order valence-corrected chi connectivity index (χ4v) is 4.34. The van der Waals surface area contributed by atoms with Crippen molar-refractivity contribution in [2.75, 3.05) is 11.9 Å². The van der Waals surface area contributed by atoms with E-state index in [9.17, 15) is 0 Å². The predicted molar refractivity (Wildman–Crippen MR) is 122 cm³/mol. The van der Waals surface area contributed by atoms with Gasteiger partial charge >= 0.3 is 6.85 Å². The lowest BCUT2D eigenvalue weighted by atomic mass is 9.47. The van der Waals surface area contributed by atoms with Crippen molar-refractivity contribution >= 4 is 34.6 Å². The third-order valence-corrected chi connectivity index (χ3v) is 5.70. The maximum atomic E-state index is 8.88. The van der Waals surface area contributed by atoms with E-state index < -0.39 is 13.2 Å². The van der Waals surface area contributed by atoms with E-state index in [1.165, 1.54) is 0 Å². The summed E-state index contributed by atoms with van der Waals surface area (Å²) >= 11 is 0. The van der Waals surface area contributed by atoms with Crippen LogP contribution in [-0.4, -0.2) is 13.9 Å². The van der Waals surface area contributed by atoms with Crippen LogP contribution in [-0.2, 0) is 13.4 Å². The molecular weight excluding hydrogens is 339 g/mol. The van der Waals surface area contributed by atoms with Gasteiger partial charge in [-0.25, -0.2) is 4.57 Å². The van der Waals surface area contributed by atoms with Crippen LogP contribution in [0.15, 0.2) is 60.1 Å². The van der Waals surface area contributed by atoms with E-state index in [0.717, 1.165) is 33.2 Å². The fraction of sp³-hybridized carbons (Fsp3) is 0.320. The molecule has 0 aliphatic carbocycles. The van der Waals surface area contributed by atoms with E-state index in [-0.39, 0.29) is 12.8 Å². The van der Waals surface area contributed by atoms with Crippen molar-refractivity contribution in [2.45, 2.75) is 34.0 Å². The molecule has 1 aliphatic rings. The SMILES string of the molecule is [2H]C([2H])([2H])C1=C(C)B(c2cc(C([2H])([2H])C(C)C)c3ccccc3[n+]2C)N(C)c2ccccc21. The Bertz CT molecular complexity index is 1260. The maximum absolute atomic E-state index is 8.88. The minimum atomic E-state index is -2.26. The van der Waals surface area contributed by atoms with Crippen LogP contribution in [0.5, 0.6) is 0 Å². The lowest BCUT2D eigenvalue weighted by molar-refractivity contribution is -0.627. The molecule has 0 unspecified atom stereocenters. The van der Waals surface area contributed by atoms with Crippen LogP contribution < -0.4 is 15.0 Å². The van der Waals surface area contributed by atoms with Gasteiger partial charge in [0, 0.05) is 30.1 Å². The normalized spacial score (nSPS) is 17.9. The van der Waals surface area contributed by atoms with Crippen LogP contribution in [0.1, 0.15) is 45.6 Å². The van der Waals surface area contributed by atoms with Crippen LogP contribution in [0.4, 0.5) is 5.69 Å². The predicted octanol–water partition coefficient (Wildman–Crippen LogP) is 4.54. The average Bonchev–Trinajstić information content (AvgIpc) is 2.74. The summed E-state index contributed by atoms with van der Waals surface area (Å²) in [5.74, 6) is -0.221. The number of fused-ring (bicyclic) bond motifs is 2. The monoisotopic (exact) mass is 374 g/mol. The number of para-hydroxylation sites is 2. The van der Waals surface area contributed by atoms with E-state index in [4.69, 9.17) is 6.85 Å². The Kier molecular flexibility index (Phi) is 3.46. The molecule has 0 amide bonds.